The number of hydrogen-bond acceptors (Lipinski definition) is 5. The molecule has 0 radical (unpaired) electrons. The fourth-order valence-electron chi connectivity index (χ4n) is 4.57. The summed E-state index contributed by atoms with van der Waals surface area (Å²) in [5.74, 6) is -0.620. The third kappa shape index (κ3) is 3.38. The Kier molecular flexibility index (Phi) is 4.77. The van der Waals surface area contributed by atoms with Crippen molar-refractivity contribution < 1.29 is 14.4 Å². The molecule has 8 nitrogen and oxygen atoms in total. The Balaban J connectivity index is 1.25. The van der Waals surface area contributed by atoms with Gasteiger partial charge in [0.05, 0.1) is 5.69 Å². The Morgan fingerprint density at radius 1 is 1.29 bits per heavy atom. The number of carbonyl (C=O) groups is 3. The predicted octanol–water partition coefficient (Wildman–Crippen LogP) is 3.50. The van der Waals surface area contributed by atoms with Crippen molar-refractivity contribution in [3.63, 3.8) is 0 Å². The summed E-state index contributed by atoms with van der Waals surface area (Å²) in [6.45, 7) is 1.70. The molecule has 1 spiro atoms. The average Bonchev–Trinajstić information content (AvgIpc) is 3.41. The van der Waals surface area contributed by atoms with E-state index in [1.165, 1.54) is 0 Å². The number of fused-ring (bicyclic) bond motifs is 1. The van der Waals surface area contributed by atoms with Crippen LogP contribution in [0.5, 0.6) is 0 Å². The average molecular weight is 438 g/mol. The maximum absolute atomic E-state index is 13.0. The van der Waals surface area contributed by atoms with Gasteiger partial charge in [-0.25, -0.2) is 9.78 Å². The van der Waals surface area contributed by atoms with Gasteiger partial charge in [-0.05, 0) is 30.9 Å². The second kappa shape index (κ2) is 7.49. The molecule has 3 heterocycles. The Labute approximate surface area is 183 Å². The Morgan fingerprint density at radius 3 is 2.84 bits per heavy atom. The number of anilines is 1. The van der Waals surface area contributed by atoms with Gasteiger partial charge < -0.3 is 10.6 Å². The van der Waals surface area contributed by atoms with Crippen LogP contribution in [-0.4, -0.2) is 44.2 Å². The first kappa shape index (κ1) is 19.7. The highest BCUT2D eigenvalue weighted by molar-refractivity contribution is 7.15. The van der Waals surface area contributed by atoms with Gasteiger partial charge in [-0.1, -0.05) is 31.9 Å². The molecule has 3 aromatic rings. The van der Waals surface area contributed by atoms with E-state index in [1.54, 1.807) is 23.5 Å². The SMILES string of the molecule is CC1CCCCC12NC(=O)N(CC(=O)Nc1ccc(-c3cn4ccsc4n3)cc1)C2=O. The number of imidazole rings is 1. The van der Waals surface area contributed by atoms with Crippen molar-refractivity contribution in [3.05, 3.63) is 42.0 Å². The third-order valence-electron chi connectivity index (χ3n) is 6.36. The molecule has 1 aromatic carbocycles. The van der Waals surface area contributed by atoms with Gasteiger partial charge in [0.25, 0.3) is 5.91 Å². The van der Waals surface area contributed by atoms with Crippen LogP contribution in [0.15, 0.2) is 42.0 Å². The lowest BCUT2D eigenvalue weighted by Gasteiger charge is -2.36. The first-order chi connectivity index (χ1) is 15.0. The molecule has 1 aliphatic carbocycles. The molecule has 2 aliphatic rings. The van der Waals surface area contributed by atoms with Crippen molar-refractivity contribution in [1.29, 1.82) is 0 Å². The van der Waals surface area contributed by atoms with Crippen LogP contribution in [0.25, 0.3) is 16.2 Å². The number of urea groups is 1. The van der Waals surface area contributed by atoms with Gasteiger partial charge in [-0.2, -0.15) is 0 Å². The van der Waals surface area contributed by atoms with E-state index in [1.807, 2.05) is 41.2 Å². The van der Waals surface area contributed by atoms with Crippen LogP contribution < -0.4 is 10.6 Å². The van der Waals surface area contributed by atoms with Gasteiger partial charge in [0.2, 0.25) is 5.91 Å². The van der Waals surface area contributed by atoms with Crippen LogP contribution in [0.1, 0.15) is 32.6 Å². The topological polar surface area (TPSA) is 95.8 Å². The summed E-state index contributed by atoms with van der Waals surface area (Å²) >= 11 is 1.57. The molecule has 9 heteroatoms. The number of nitrogens with one attached hydrogen (secondary N) is 2. The van der Waals surface area contributed by atoms with Gasteiger partial charge in [0.15, 0.2) is 4.96 Å². The van der Waals surface area contributed by atoms with Gasteiger partial charge >= 0.3 is 6.03 Å². The van der Waals surface area contributed by atoms with Gasteiger partial charge in [0.1, 0.15) is 12.1 Å². The third-order valence-corrected chi connectivity index (χ3v) is 7.13. The molecule has 160 valence electrons. The lowest BCUT2D eigenvalue weighted by molar-refractivity contribution is -0.136. The van der Waals surface area contributed by atoms with E-state index in [0.29, 0.717) is 12.1 Å². The maximum atomic E-state index is 13.0. The summed E-state index contributed by atoms with van der Waals surface area (Å²) < 4.78 is 1.97. The van der Waals surface area contributed by atoms with Crippen LogP contribution in [0.2, 0.25) is 0 Å². The maximum Gasteiger partial charge on any atom is 0.325 e. The van der Waals surface area contributed by atoms with E-state index < -0.39 is 17.5 Å². The number of nitrogens with zero attached hydrogens (tertiary/aromatic N) is 3. The lowest BCUT2D eigenvalue weighted by atomic mass is 9.73. The number of rotatable bonds is 4. The van der Waals surface area contributed by atoms with Crippen LogP contribution in [0.4, 0.5) is 10.5 Å². The molecule has 2 atom stereocenters. The van der Waals surface area contributed by atoms with Crippen LogP contribution in [-0.2, 0) is 9.59 Å². The molecule has 31 heavy (non-hydrogen) atoms. The lowest BCUT2D eigenvalue weighted by Crippen LogP contribution is -2.54. The predicted molar refractivity (Wildman–Crippen MR) is 118 cm³/mol. The first-order valence-electron chi connectivity index (χ1n) is 10.4. The van der Waals surface area contributed by atoms with Crippen LogP contribution >= 0.6 is 11.3 Å². The van der Waals surface area contributed by atoms with Crippen molar-refractivity contribution in [2.24, 2.45) is 5.92 Å². The zero-order valence-electron chi connectivity index (χ0n) is 17.1. The van der Waals surface area contributed by atoms with Crippen LogP contribution in [0.3, 0.4) is 0 Å². The van der Waals surface area contributed by atoms with E-state index in [2.05, 4.69) is 15.6 Å². The summed E-state index contributed by atoms with van der Waals surface area (Å²) in [7, 11) is 0. The summed E-state index contributed by atoms with van der Waals surface area (Å²) in [4.78, 5) is 44.5. The minimum atomic E-state index is -0.852. The minimum Gasteiger partial charge on any atom is -0.325 e. The normalized spacial score (nSPS) is 23.5. The van der Waals surface area contributed by atoms with Crippen molar-refractivity contribution in [1.82, 2.24) is 19.6 Å². The number of benzene rings is 1. The monoisotopic (exact) mass is 437 g/mol. The molecule has 1 aliphatic heterocycles. The van der Waals surface area contributed by atoms with E-state index in [-0.39, 0.29) is 18.4 Å². The fraction of sp³-hybridized carbons (Fsp3) is 0.364. The Morgan fingerprint density at radius 2 is 2.10 bits per heavy atom. The number of amides is 4. The summed E-state index contributed by atoms with van der Waals surface area (Å²) in [5, 5.41) is 7.63. The number of aromatic nitrogens is 2. The quantitative estimate of drug-likeness (QED) is 0.611. The second-order valence-electron chi connectivity index (χ2n) is 8.28. The molecular weight excluding hydrogens is 414 g/mol. The summed E-state index contributed by atoms with van der Waals surface area (Å²) in [5.41, 5.74) is 1.55. The smallest absolute Gasteiger partial charge is 0.325 e. The Hall–Kier alpha value is -3.20. The zero-order valence-corrected chi connectivity index (χ0v) is 17.9. The first-order valence-corrected chi connectivity index (χ1v) is 11.3. The molecule has 1 saturated heterocycles. The highest BCUT2D eigenvalue weighted by Gasteiger charge is 2.55. The highest BCUT2D eigenvalue weighted by atomic mass is 32.1. The molecule has 2 fully saturated rings. The molecule has 4 amide bonds. The summed E-state index contributed by atoms with van der Waals surface area (Å²) in [6, 6.07) is 6.86. The molecule has 1 saturated carbocycles. The molecule has 2 aromatic heterocycles. The molecule has 2 unspecified atom stereocenters. The number of imide groups is 1. The van der Waals surface area contributed by atoms with E-state index >= 15 is 0 Å². The number of thiazole rings is 1. The van der Waals surface area contributed by atoms with Crippen molar-refractivity contribution in [2.75, 3.05) is 11.9 Å². The van der Waals surface area contributed by atoms with Gasteiger partial charge in [-0.3, -0.25) is 18.9 Å². The number of carbonyl (C=O) groups excluding carboxylic acids is 3. The fourth-order valence-corrected chi connectivity index (χ4v) is 5.27. The van der Waals surface area contributed by atoms with Gasteiger partial charge in [0, 0.05) is 29.0 Å². The molecule has 2 N–H and O–H groups in total. The van der Waals surface area contributed by atoms with Crippen molar-refractivity contribution in [3.8, 4) is 11.3 Å². The van der Waals surface area contributed by atoms with E-state index in [0.717, 1.165) is 40.4 Å². The van der Waals surface area contributed by atoms with Crippen LogP contribution in [0, 0.1) is 5.92 Å². The standard InChI is InChI=1S/C22H23N5O3S/c1-14-4-2-3-9-22(14)19(29)27(20(30)25-22)13-18(28)23-16-7-5-15(6-8-16)17-12-26-10-11-31-21(26)24-17/h5-8,10-12,14H,2-4,9,13H2,1H3,(H,23,28)(H,25,30). The molecule has 5 rings (SSSR count). The minimum absolute atomic E-state index is 0.0662. The molecular formula is C22H23N5O3S. The highest BCUT2D eigenvalue weighted by Crippen LogP contribution is 2.38. The summed E-state index contributed by atoms with van der Waals surface area (Å²) in [6.07, 6.45) is 7.40. The zero-order chi connectivity index (χ0) is 21.6. The second-order valence-corrected chi connectivity index (χ2v) is 9.16. The molecule has 0 bridgehead atoms. The van der Waals surface area contributed by atoms with Crippen molar-refractivity contribution in [2.45, 2.75) is 38.1 Å². The largest absolute Gasteiger partial charge is 0.325 e. The van der Waals surface area contributed by atoms with Crippen molar-refractivity contribution >= 4 is 39.8 Å². The van der Waals surface area contributed by atoms with E-state index in [9.17, 15) is 14.4 Å². The number of hydrogen-bond donors (Lipinski definition) is 2. The van der Waals surface area contributed by atoms with Gasteiger partial charge in [-0.15, -0.1) is 11.3 Å². The van der Waals surface area contributed by atoms with E-state index in [4.69, 9.17) is 0 Å². The Bertz CT molecular complexity index is 1140.